The van der Waals surface area contributed by atoms with E-state index >= 15 is 0 Å². The van der Waals surface area contributed by atoms with Gasteiger partial charge in [0, 0.05) is 23.5 Å². The van der Waals surface area contributed by atoms with Gasteiger partial charge in [0.15, 0.2) is 0 Å². The van der Waals surface area contributed by atoms with Gasteiger partial charge in [0.1, 0.15) is 17.0 Å². The molecule has 1 N–H and O–H groups in total. The van der Waals surface area contributed by atoms with E-state index in [2.05, 4.69) is 22.2 Å². The molecule has 0 amide bonds. The highest BCUT2D eigenvalue weighted by molar-refractivity contribution is 7.15. The van der Waals surface area contributed by atoms with Crippen molar-refractivity contribution in [1.82, 2.24) is 20.3 Å². The molecule has 2 aromatic heterocycles. The van der Waals surface area contributed by atoms with Crippen molar-refractivity contribution in [3.63, 3.8) is 0 Å². The maximum absolute atomic E-state index is 4.81. The summed E-state index contributed by atoms with van der Waals surface area (Å²) in [6.45, 7) is 4.18. The van der Waals surface area contributed by atoms with E-state index in [9.17, 15) is 0 Å². The third-order valence-electron chi connectivity index (χ3n) is 3.21. The van der Waals surface area contributed by atoms with Crippen LogP contribution in [0, 0.1) is 0 Å². The average molecular weight is 274 g/mol. The van der Waals surface area contributed by atoms with Gasteiger partial charge in [-0.1, -0.05) is 6.92 Å². The summed E-state index contributed by atoms with van der Waals surface area (Å²) in [7, 11) is 0. The highest BCUT2D eigenvalue weighted by Crippen LogP contribution is 2.43. The molecule has 0 saturated heterocycles. The summed E-state index contributed by atoms with van der Waals surface area (Å²) in [5.74, 6) is 0.685. The smallest absolute Gasteiger partial charge is 0.142 e. The first-order valence-electron chi connectivity index (χ1n) is 6.85. The van der Waals surface area contributed by atoms with Crippen molar-refractivity contribution in [1.29, 1.82) is 0 Å². The summed E-state index contributed by atoms with van der Waals surface area (Å²) in [4.78, 5) is 14.4. The Kier molecular flexibility index (Phi) is 3.84. The van der Waals surface area contributed by atoms with E-state index in [0.717, 1.165) is 30.2 Å². The molecule has 0 bridgehead atoms. The maximum atomic E-state index is 4.81. The molecule has 1 aliphatic rings. The van der Waals surface area contributed by atoms with Gasteiger partial charge in [-0.2, -0.15) is 0 Å². The van der Waals surface area contributed by atoms with E-state index in [1.54, 1.807) is 23.9 Å². The Labute approximate surface area is 117 Å². The van der Waals surface area contributed by atoms with Crippen molar-refractivity contribution < 1.29 is 0 Å². The lowest BCUT2D eigenvalue weighted by molar-refractivity contribution is 0.676. The minimum absolute atomic E-state index is 0.685. The highest BCUT2D eigenvalue weighted by Gasteiger charge is 2.29. The molecule has 0 atom stereocenters. The van der Waals surface area contributed by atoms with Crippen LogP contribution in [0.25, 0.3) is 10.7 Å². The number of nitrogens with zero attached hydrogens (tertiary/aromatic N) is 3. The number of nitrogens with one attached hydrogen (secondary N) is 1. The standard InChI is InChI=1S/C14H18N4S/c1-2-6-15-8-12-13(10-3-4-10)18-14(19-12)11-5-7-16-9-17-11/h5,7,9-10,15H,2-4,6,8H2,1H3. The van der Waals surface area contributed by atoms with Gasteiger partial charge in [0.25, 0.3) is 0 Å². The van der Waals surface area contributed by atoms with Crippen LogP contribution in [0.5, 0.6) is 0 Å². The zero-order valence-electron chi connectivity index (χ0n) is 11.1. The van der Waals surface area contributed by atoms with Crippen LogP contribution < -0.4 is 5.32 Å². The quantitative estimate of drug-likeness (QED) is 0.823. The van der Waals surface area contributed by atoms with Gasteiger partial charge >= 0.3 is 0 Å². The van der Waals surface area contributed by atoms with Gasteiger partial charge in [-0.25, -0.2) is 15.0 Å². The number of aromatic nitrogens is 3. The lowest BCUT2D eigenvalue weighted by atomic mass is 10.2. The SMILES string of the molecule is CCCNCc1sc(-c2ccncn2)nc1C1CC1. The second-order valence-electron chi connectivity index (χ2n) is 4.87. The molecule has 1 fully saturated rings. The molecule has 2 aromatic rings. The molecule has 0 radical (unpaired) electrons. The number of thiazole rings is 1. The van der Waals surface area contributed by atoms with Gasteiger partial charge in [-0.15, -0.1) is 11.3 Å². The molecule has 100 valence electrons. The van der Waals surface area contributed by atoms with Crippen LogP contribution in [-0.4, -0.2) is 21.5 Å². The molecule has 3 rings (SSSR count). The van der Waals surface area contributed by atoms with Gasteiger partial charge in [0.05, 0.1) is 5.69 Å². The summed E-state index contributed by atoms with van der Waals surface area (Å²) in [5.41, 5.74) is 2.23. The number of rotatable bonds is 6. The minimum atomic E-state index is 0.685. The Morgan fingerprint density at radius 1 is 1.42 bits per heavy atom. The van der Waals surface area contributed by atoms with Crippen molar-refractivity contribution in [2.24, 2.45) is 0 Å². The molecule has 19 heavy (non-hydrogen) atoms. The van der Waals surface area contributed by atoms with Crippen molar-refractivity contribution in [3.05, 3.63) is 29.2 Å². The van der Waals surface area contributed by atoms with Crippen LogP contribution in [0.1, 0.15) is 42.7 Å². The van der Waals surface area contributed by atoms with Gasteiger partial charge in [-0.05, 0) is 31.9 Å². The molecule has 4 nitrogen and oxygen atoms in total. The maximum Gasteiger partial charge on any atom is 0.142 e. The predicted octanol–water partition coefficient (Wildman–Crippen LogP) is 2.98. The Bertz CT molecular complexity index is 534. The fourth-order valence-electron chi connectivity index (χ4n) is 2.07. The third kappa shape index (κ3) is 2.98. The molecule has 0 unspecified atom stereocenters. The minimum Gasteiger partial charge on any atom is -0.312 e. The third-order valence-corrected chi connectivity index (χ3v) is 4.30. The summed E-state index contributed by atoms with van der Waals surface area (Å²) in [6, 6.07) is 1.93. The first-order chi connectivity index (χ1) is 9.38. The molecule has 0 aromatic carbocycles. The van der Waals surface area contributed by atoms with E-state index in [0.29, 0.717) is 5.92 Å². The van der Waals surface area contributed by atoms with Gasteiger partial charge < -0.3 is 5.32 Å². The topological polar surface area (TPSA) is 50.7 Å². The van der Waals surface area contributed by atoms with Crippen LogP contribution in [-0.2, 0) is 6.54 Å². The van der Waals surface area contributed by atoms with Crippen LogP contribution >= 0.6 is 11.3 Å². The molecular formula is C14H18N4S. The molecule has 1 saturated carbocycles. The number of hydrogen-bond acceptors (Lipinski definition) is 5. The fraction of sp³-hybridized carbons (Fsp3) is 0.500. The van der Waals surface area contributed by atoms with Crippen molar-refractivity contribution >= 4 is 11.3 Å². The van der Waals surface area contributed by atoms with Crippen LogP contribution in [0.4, 0.5) is 0 Å². The van der Waals surface area contributed by atoms with Crippen LogP contribution in [0.3, 0.4) is 0 Å². The van der Waals surface area contributed by atoms with Crippen molar-refractivity contribution in [2.75, 3.05) is 6.54 Å². The fourth-order valence-corrected chi connectivity index (χ4v) is 3.17. The lowest BCUT2D eigenvalue weighted by Gasteiger charge is -2.01. The van der Waals surface area contributed by atoms with Crippen LogP contribution in [0.2, 0.25) is 0 Å². The molecular weight excluding hydrogens is 256 g/mol. The average Bonchev–Trinajstić information content (AvgIpc) is 3.21. The van der Waals surface area contributed by atoms with E-state index in [-0.39, 0.29) is 0 Å². The first-order valence-corrected chi connectivity index (χ1v) is 7.67. The van der Waals surface area contributed by atoms with Crippen molar-refractivity contribution in [3.8, 4) is 10.7 Å². The molecule has 1 aliphatic carbocycles. The molecule has 5 heteroatoms. The largest absolute Gasteiger partial charge is 0.312 e. The summed E-state index contributed by atoms with van der Waals surface area (Å²) in [6.07, 6.45) is 7.09. The van der Waals surface area contributed by atoms with E-state index in [1.165, 1.54) is 23.4 Å². The van der Waals surface area contributed by atoms with Gasteiger partial charge in [0.2, 0.25) is 0 Å². The second-order valence-corrected chi connectivity index (χ2v) is 5.96. The highest BCUT2D eigenvalue weighted by atomic mass is 32.1. The molecule has 2 heterocycles. The molecule has 0 aliphatic heterocycles. The monoisotopic (exact) mass is 274 g/mol. The zero-order chi connectivity index (χ0) is 13.1. The normalized spacial score (nSPS) is 14.8. The predicted molar refractivity (Wildman–Crippen MR) is 77.1 cm³/mol. The summed E-state index contributed by atoms with van der Waals surface area (Å²) in [5, 5.41) is 4.50. The van der Waals surface area contributed by atoms with E-state index in [1.807, 2.05) is 6.07 Å². The Morgan fingerprint density at radius 2 is 2.32 bits per heavy atom. The van der Waals surface area contributed by atoms with Gasteiger partial charge in [-0.3, -0.25) is 0 Å². The first kappa shape index (κ1) is 12.7. The van der Waals surface area contributed by atoms with E-state index in [4.69, 9.17) is 4.98 Å². The number of hydrogen-bond donors (Lipinski definition) is 1. The summed E-state index contributed by atoms with van der Waals surface area (Å²) < 4.78 is 0. The summed E-state index contributed by atoms with van der Waals surface area (Å²) >= 11 is 1.77. The Morgan fingerprint density at radius 3 is 3.00 bits per heavy atom. The second kappa shape index (κ2) is 5.75. The Balaban J connectivity index is 1.84. The molecule has 0 spiro atoms. The Hall–Kier alpha value is -1.33. The van der Waals surface area contributed by atoms with Crippen LogP contribution in [0.15, 0.2) is 18.6 Å². The van der Waals surface area contributed by atoms with Crippen molar-refractivity contribution in [2.45, 2.75) is 38.6 Å². The lowest BCUT2D eigenvalue weighted by Crippen LogP contribution is -2.13. The van der Waals surface area contributed by atoms with E-state index < -0.39 is 0 Å². The zero-order valence-corrected chi connectivity index (χ0v) is 11.9.